The van der Waals surface area contributed by atoms with Gasteiger partial charge >= 0.3 is 6.01 Å². The van der Waals surface area contributed by atoms with Crippen molar-refractivity contribution >= 4 is 50.9 Å². The first-order chi connectivity index (χ1) is 33.9. The second kappa shape index (κ2) is 19.4. The van der Waals surface area contributed by atoms with E-state index in [1.807, 2.05) is 26.1 Å². The number of rotatable bonds is 17. The third kappa shape index (κ3) is 9.20. The molecule has 5 aliphatic rings. The quantitative estimate of drug-likeness (QED) is 0.0771. The summed E-state index contributed by atoms with van der Waals surface area (Å²) in [5, 5.41) is 17.6. The van der Waals surface area contributed by atoms with Gasteiger partial charge in [0.15, 0.2) is 5.82 Å². The number of ether oxygens (including phenoxy) is 1. The second-order valence-electron chi connectivity index (χ2n) is 19.9. The topological polar surface area (TPSA) is 160 Å². The average molecular weight is 955 g/mol. The summed E-state index contributed by atoms with van der Waals surface area (Å²) in [7, 11) is 1.93. The van der Waals surface area contributed by atoms with Gasteiger partial charge in [-0.25, -0.2) is 8.78 Å². The Hall–Kier alpha value is -6.48. The van der Waals surface area contributed by atoms with Crippen molar-refractivity contribution in [2.75, 3.05) is 88.9 Å². The molecule has 3 N–H and O–H groups in total. The first-order valence-corrected chi connectivity index (χ1v) is 24.7. The fourth-order valence-electron chi connectivity index (χ4n) is 10.9. The minimum atomic E-state index is -0.755. The minimum Gasteiger partial charge on any atom is -0.508 e. The van der Waals surface area contributed by atoms with E-state index in [0.29, 0.717) is 60.7 Å². The lowest BCUT2D eigenvalue weighted by Crippen LogP contribution is -2.55. The van der Waals surface area contributed by atoms with Gasteiger partial charge in [0, 0.05) is 124 Å². The lowest BCUT2D eigenvalue weighted by molar-refractivity contribution is -0.136. The Bertz CT molecular complexity index is 2910. The number of carbonyl (C=O) groups excluding carboxylic acids is 3. The average Bonchev–Trinajstić information content (AvgIpc) is 4.03. The number of aromatic hydroxyl groups is 1. The minimum absolute atomic E-state index is 0.00721. The molecular formula is C53H60F2N10O5. The van der Waals surface area contributed by atoms with Crippen LogP contribution in [0.2, 0.25) is 0 Å². The number of anilines is 2. The number of fused-ring (bicyclic) bond motifs is 3. The first kappa shape index (κ1) is 47.2. The molecule has 0 spiro atoms. The normalized spacial score (nSPS) is 19.8. The van der Waals surface area contributed by atoms with Gasteiger partial charge in [0.05, 0.1) is 17.6 Å². The van der Waals surface area contributed by atoms with E-state index < -0.39 is 23.6 Å². The molecule has 2 atom stereocenters. The van der Waals surface area contributed by atoms with Crippen LogP contribution in [0.25, 0.3) is 32.9 Å². The van der Waals surface area contributed by atoms with E-state index in [1.165, 1.54) is 30.5 Å². The molecule has 1 aliphatic carbocycles. The number of nitrogens with zero attached hydrogens (tertiary/aromatic N) is 8. The lowest BCUT2D eigenvalue weighted by Gasteiger charge is -2.45. The highest BCUT2D eigenvalue weighted by atomic mass is 19.1. The number of hydrogen-bond acceptors (Lipinski definition) is 13. The van der Waals surface area contributed by atoms with Crippen molar-refractivity contribution in [3.63, 3.8) is 0 Å². The summed E-state index contributed by atoms with van der Waals surface area (Å²) in [6.45, 7) is 13.7. The van der Waals surface area contributed by atoms with Crippen LogP contribution in [0.4, 0.5) is 20.3 Å². The van der Waals surface area contributed by atoms with E-state index in [2.05, 4.69) is 54.1 Å². The fourth-order valence-corrected chi connectivity index (χ4v) is 10.9. The van der Waals surface area contributed by atoms with Gasteiger partial charge in [0.1, 0.15) is 34.6 Å². The Balaban J connectivity index is 0.789. The molecule has 3 aromatic carbocycles. The lowest BCUT2D eigenvalue weighted by atomic mass is 9.96. The summed E-state index contributed by atoms with van der Waals surface area (Å²) in [4.78, 5) is 62.7. The van der Waals surface area contributed by atoms with Gasteiger partial charge < -0.3 is 39.7 Å². The van der Waals surface area contributed by atoms with Gasteiger partial charge in [-0.1, -0.05) is 25.3 Å². The van der Waals surface area contributed by atoms with Crippen LogP contribution in [0.3, 0.4) is 0 Å². The number of likely N-dealkylation sites (N-methyl/N-ethyl adjacent to an activating group) is 2. The van der Waals surface area contributed by atoms with Crippen molar-refractivity contribution in [3.05, 3.63) is 77.0 Å². The number of aromatic nitrogens is 3. The summed E-state index contributed by atoms with van der Waals surface area (Å²) in [6, 6.07) is 11.1. The Kier molecular flexibility index (Phi) is 13.1. The Morgan fingerprint density at radius 2 is 1.81 bits per heavy atom. The summed E-state index contributed by atoms with van der Waals surface area (Å²) in [5.74, 6) is 1.07. The van der Waals surface area contributed by atoms with Crippen LogP contribution in [-0.2, 0) is 16.1 Å². The summed E-state index contributed by atoms with van der Waals surface area (Å²) >= 11 is 0. The van der Waals surface area contributed by atoms with E-state index in [-0.39, 0.29) is 69.2 Å². The summed E-state index contributed by atoms with van der Waals surface area (Å²) in [5.41, 5.74) is 2.54. The molecule has 17 heteroatoms. The Morgan fingerprint density at radius 1 is 1.03 bits per heavy atom. The van der Waals surface area contributed by atoms with Crippen molar-refractivity contribution in [3.8, 4) is 35.4 Å². The number of hydrogen-bond donors (Lipinski definition) is 3. The predicted molar refractivity (Wildman–Crippen MR) is 264 cm³/mol. The zero-order chi connectivity index (χ0) is 48.8. The number of nitrogens with one attached hydrogen (secondary N) is 2. The molecule has 15 nitrogen and oxygen atoms in total. The molecule has 4 fully saturated rings. The zero-order valence-corrected chi connectivity index (χ0v) is 40.1. The van der Waals surface area contributed by atoms with Crippen LogP contribution in [0.1, 0.15) is 73.9 Å². The standard InChI is InChI=1S/C53H60F2N10O5/c1-5-8-35(56-4)29-63(7-3)49-41-24-57-47(40-23-37(66)22-33-9-12-42(54)38(6-2)45(33)40)46(55)48(41)59-52(60-49)70-31-53(15-16-53)30-62-19-17-61(18-20-62)25-32-26-64(27-32)36-10-11-39-34(21-36)28-65(51(39)69)43-13-14-44(67)58-50(43)68/h2,9-12,21-24,32,35,43,56,66H,5,7-8,13-20,25-31H2,1,3-4H3,(H,58,67,68). The molecule has 5 aromatic rings. The molecule has 6 heterocycles. The number of carbonyl (C=O) groups is 3. The predicted octanol–water partition coefficient (Wildman–Crippen LogP) is 5.70. The number of phenols is 1. The number of benzene rings is 3. The Morgan fingerprint density at radius 3 is 2.53 bits per heavy atom. The maximum Gasteiger partial charge on any atom is 0.319 e. The molecule has 3 saturated heterocycles. The number of pyridine rings is 1. The van der Waals surface area contributed by atoms with Gasteiger partial charge in [0.25, 0.3) is 5.91 Å². The molecule has 366 valence electrons. The van der Waals surface area contributed by atoms with Crippen molar-refractivity contribution in [1.29, 1.82) is 0 Å². The van der Waals surface area contributed by atoms with Crippen LogP contribution in [-0.4, -0.2) is 144 Å². The SMILES string of the molecule is C#Cc1c(F)ccc2cc(O)cc(-c3ncc4c(N(CC)CC(CCC)NC)nc(OCC5(CN6CCN(CC7CN(c8ccc9c(c8)CN(C8CCC(=O)NC8=O)C9=O)C7)CC6)CC5)nc4c3F)c12. The number of amides is 3. The van der Waals surface area contributed by atoms with E-state index >= 15 is 8.78 Å². The van der Waals surface area contributed by atoms with Crippen LogP contribution in [0.5, 0.6) is 11.8 Å². The van der Waals surface area contributed by atoms with Crippen LogP contribution < -0.4 is 25.2 Å². The highest BCUT2D eigenvalue weighted by Gasteiger charge is 2.46. The number of terminal acetylenes is 1. The molecular weight excluding hydrogens is 895 g/mol. The third-order valence-corrected chi connectivity index (χ3v) is 15.1. The van der Waals surface area contributed by atoms with Crippen molar-refractivity contribution in [2.45, 2.75) is 71.0 Å². The van der Waals surface area contributed by atoms with E-state index in [1.54, 1.807) is 4.90 Å². The highest BCUT2D eigenvalue weighted by Crippen LogP contribution is 2.47. The number of halogens is 2. The van der Waals surface area contributed by atoms with E-state index in [4.69, 9.17) is 21.1 Å². The van der Waals surface area contributed by atoms with Gasteiger partial charge in [-0.05, 0) is 87.0 Å². The van der Waals surface area contributed by atoms with Crippen molar-refractivity contribution in [1.82, 2.24) is 40.3 Å². The van der Waals surface area contributed by atoms with E-state index in [0.717, 1.165) is 89.3 Å². The third-order valence-electron chi connectivity index (χ3n) is 15.1. The summed E-state index contributed by atoms with van der Waals surface area (Å²) in [6.07, 6.45) is 11.8. The second-order valence-corrected chi connectivity index (χ2v) is 19.9. The van der Waals surface area contributed by atoms with Gasteiger partial charge in [-0.15, -0.1) is 6.42 Å². The molecule has 70 heavy (non-hydrogen) atoms. The molecule has 4 aliphatic heterocycles. The largest absolute Gasteiger partial charge is 0.508 e. The number of piperazine rings is 1. The highest BCUT2D eigenvalue weighted by molar-refractivity contribution is 6.06. The fraction of sp³-hybridized carbons (Fsp3) is 0.472. The molecule has 2 unspecified atom stereocenters. The smallest absolute Gasteiger partial charge is 0.319 e. The van der Waals surface area contributed by atoms with Crippen molar-refractivity contribution < 1.29 is 33.0 Å². The van der Waals surface area contributed by atoms with Gasteiger partial charge in [-0.2, -0.15) is 9.97 Å². The molecule has 1 saturated carbocycles. The Labute approximate surface area is 406 Å². The number of phenolic OH excluding ortho intramolecular Hbond substituents is 1. The van der Waals surface area contributed by atoms with Crippen molar-refractivity contribution in [2.24, 2.45) is 11.3 Å². The summed E-state index contributed by atoms with van der Waals surface area (Å²) < 4.78 is 38.8. The first-order valence-electron chi connectivity index (χ1n) is 24.7. The molecule has 0 bridgehead atoms. The van der Waals surface area contributed by atoms with E-state index in [9.17, 15) is 19.5 Å². The van der Waals surface area contributed by atoms with Gasteiger partial charge in [0.2, 0.25) is 11.8 Å². The molecule has 3 amide bonds. The number of piperidine rings is 1. The molecule has 0 radical (unpaired) electrons. The maximum atomic E-state index is 17.2. The van der Waals surface area contributed by atoms with Crippen LogP contribution >= 0.6 is 0 Å². The van der Waals surface area contributed by atoms with Gasteiger partial charge in [-0.3, -0.25) is 24.7 Å². The molecule has 10 rings (SSSR count). The monoisotopic (exact) mass is 954 g/mol. The number of imide groups is 1. The van der Waals surface area contributed by atoms with Crippen LogP contribution in [0.15, 0.2) is 48.7 Å². The van der Waals surface area contributed by atoms with Crippen LogP contribution in [0, 0.1) is 35.3 Å². The zero-order valence-electron chi connectivity index (χ0n) is 40.1. The molecule has 2 aromatic heterocycles. The maximum absolute atomic E-state index is 17.2.